The molecule has 0 bridgehead atoms. The van der Waals surface area contributed by atoms with E-state index in [0.29, 0.717) is 12.5 Å². The molecule has 2 aromatic rings. The van der Waals surface area contributed by atoms with Gasteiger partial charge in [-0.25, -0.2) is 4.98 Å². The van der Waals surface area contributed by atoms with E-state index in [1.807, 2.05) is 0 Å². The summed E-state index contributed by atoms with van der Waals surface area (Å²) in [4.78, 5) is 4.77. The van der Waals surface area contributed by atoms with Crippen LogP contribution < -0.4 is 5.73 Å². The van der Waals surface area contributed by atoms with Gasteiger partial charge in [0, 0.05) is 18.7 Å². The average Bonchev–Trinajstić information content (AvgIpc) is 2.94. The second kappa shape index (κ2) is 4.15. The van der Waals surface area contributed by atoms with Gasteiger partial charge in [-0.05, 0) is 31.4 Å². The maximum atomic E-state index is 5.79. The van der Waals surface area contributed by atoms with Crippen molar-refractivity contribution in [1.82, 2.24) is 9.38 Å². The molecule has 1 fully saturated rings. The summed E-state index contributed by atoms with van der Waals surface area (Å²) in [5.74, 6) is 1.85. The van der Waals surface area contributed by atoms with E-state index in [0.717, 1.165) is 5.69 Å². The molecule has 3 nitrogen and oxygen atoms in total. The van der Waals surface area contributed by atoms with Gasteiger partial charge >= 0.3 is 0 Å². The number of aromatic nitrogens is 2. The number of rotatable bonds is 2. The van der Waals surface area contributed by atoms with E-state index in [2.05, 4.69) is 29.7 Å². The molecule has 90 valence electrons. The molecule has 1 saturated carbocycles. The third kappa shape index (κ3) is 1.75. The van der Waals surface area contributed by atoms with Crippen LogP contribution in [-0.4, -0.2) is 9.38 Å². The highest BCUT2D eigenvalue weighted by atomic mass is 15.0. The number of hydrogen-bond donors (Lipinski definition) is 1. The standard InChI is InChI=1S/C14H19N3/c1-10-6-7-13-12(8-15)16-14(17(13)9-10)11-4-2-3-5-11/h6-7,9,11H,2-5,8,15H2,1H3. The van der Waals surface area contributed by atoms with Crippen LogP contribution in [0.4, 0.5) is 0 Å². The van der Waals surface area contributed by atoms with Crippen LogP contribution in [0.2, 0.25) is 0 Å². The van der Waals surface area contributed by atoms with Crippen molar-refractivity contribution < 1.29 is 0 Å². The highest BCUT2D eigenvalue weighted by molar-refractivity contribution is 5.54. The van der Waals surface area contributed by atoms with Gasteiger partial charge in [0.25, 0.3) is 0 Å². The largest absolute Gasteiger partial charge is 0.325 e. The maximum Gasteiger partial charge on any atom is 0.116 e. The van der Waals surface area contributed by atoms with Gasteiger partial charge in [-0.1, -0.05) is 18.9 Å². The van der Waals surface area contributed by atoms with E-state index < -0.39 is 0 Å². The smallest absolute Gasteiger partial charge is 0.116 e. The van der Waals surface area contributed by atoms with Crippen molar-refractivity contribution in [3.05, 3.63) is 35.4 Å². The summed E-state index contributed by atoms with van der Waals surface area (Å²) in [5, 5.41) is 0. The van der Waals surface area contributed by atoms with Crippen molar-refractivity contribution in [3.8, 4) is 0 Å². The number of imidazole rings is 1. The van der Waals surface area contributed by atoms with Gasteiger partial charge in [0.05, 0.1) is 11.2 Å². The Morgan fingerprint density at radius 1 is 1.35 bits per heavy atom. The molecule has 2 aromatic heterocycles. The molecule has 3 heteroatoms. The van der Waals surface area contributed by atoms with Crippen molar-refractivity contribution >= 4 is 5.52 Å². The van der Waals surface area contributed by atoms with Gasteiger partial charge in [0.2, 0.25) is 0 Å². The molecule has 0 spiro atoms. The van der Waals surface area contributed by atoms with E-state index >= 15 is 0 Å². The van der Waals surface area contributed by atoms with E-state index in [9.17, 15) is 0 Å². The molecule has 1 aliphatic carbocycles. The Kier molecular flexibility index (Phi) is 2.63. The molecule has 3 rings (SSSR count). The quantitative estimate of drug-likeness (QED) is 0.860. The van der Waals surface area contributed by atoms with E-state index in [1.54, 1.807) is 0 Å². The minimum absolute atomic E-state index is 0.527. The topological polar surface area (TPSA) is 43.3 Å². The van der Waals surface area contributed by atoms with Crippen molar-refractivity contribution in [2.45, 2.75) is 45.1 Å². The zero-order chi connectivity index (χ0) is 11.8. The fourth-order valence-corrected chi connectivity index (χ4v) is 2.90. The van der Waals surface area contributed by atoms with Crippen LogP contribution in [0.15, 0.2) is 18.3 Å². The summed E-state index contributed by atoms with van der Waals surface area (Å²) < 4.78 is 2.26. The lowest BCUT2D eigenvalue weighted by Crippen LogP contribution is -2.00. The summed E-state index contributed by atoms with van der Waals surface area (Å²) in [5.41, 5.74) is 9.28. The monoisotopic (exact) mass is 229 g/mol. The molecule has 1 aliphatic rings. The van der Waals surface area contributed by atoms with E-state index in [-0.39, 0.29) is 0 Å². The Morgan fingerprint density at radius 2 is 2.12 bits per heavy atom. The second-order valence-electron chi connectivity index (χ2n) is 5.06. The Balaban J connectivity index is 2.18. The molecule has 0 amide bonds. The molecule has 0 radical (unpaired) electrons. The van der Waals surface area contributed by atoms with Crippen LogP contribution in [-0.2, 0) is 6.54 Å². The lowest BCUT2D eigenvalue weighted by molar-refractivity contribution is 0.662. The molecule has 2 N–H and O–H groups in total. The number of nitrogens with zero attached hydrogens (tertiary/aromatic N) is 2. The van der Waals surface area contributed by atoms with Crippen LogP contribution >= 0.6 is 0 Å². The molecule has 0 aliphatic heterocycles. The second-order valence-corrected chi connectivity index (χ2v) is 5.06. The highest BCUT2D eigenvalue weighted by Crippen LogP contribution is 2.34. The van der Waals surface area contributed by atoms with Crippen LogP contribution in [0.3, 0.4) is 0 Å². The summed E-state index contributed by atoms with van der Waals surface area (Å²) in [7, 11) is 0. The van der Waals surface area contributed by atoms with Crippen LogP contribution in [0, 0.1) is 6.92 Å². The lowest BCUT2D eigenvalue weighted by atomic mass is 10.1. The molecule has 17 heavy (non-hydrogen) atoms. The average molecular weight is 229 g/mol. The van der Waals surface area contributed by atoms with Crippen molar-refractivity contribution in [2.75, 3.05) is 0 Å². The summed E-state index contributed by atoms with van der Waals surface area (Å²) in [6.07, 6.45) is 7.41. The Bertz CT molecular complexity index is 536. The molecule has 2 heterocycles. The van der Waals surface area contributed by atoms with Crippen LogP contribution in [0.1, 0.15) is 48.7 Å². The number of pyridine rings is 1. The first-order valence-electron chi connectivity index (χ1n) is 6.47. The van der Waals surface area contributed by atoms with Gasteiger partial charge in [0.15, 0.2) is 0 Å². The molecular formula is C14H19N3. The summed E-state index contributed by atoms with van der Waals surface area (Å²) in [6.45, 7) is 2.65. The fourth-order valence-electron chi connectivity index (χ4n) is 2.90. The normalized spacial score (nSPS) is 17.1. The first kappa shape index (κ1) is 10.8. The molecule has 0 unspecified atom stereocenters. The summed E-state index contributed by atoms with van der Waals surface area (Å²) >= 11 is 0. The third-order valence-corrected chi connectivity index (χ3v) is 3.80. The van der Waals surface area contributed by atoms with Gasteiger partial charge < -0.3 is 10.1 Å². The van der Waals surface area contributed by atoms with Gasteiger partial charge in [0.1, 0.15) is 5.82 Å². The molecule has 0 atom stereocenters. The number of nitrogens with two attached hydrogens (primary N) is 1. The van der Waals surface area contributed by atoms with Gasteiger partial charge in [-0.2, -0.15) is 0 Å². The predicted molar refractivity (Wildman–Crippen MR) is 69.0 cm³/mol. The van der Waals surface area contributed by atoms with E-state index in [1.165, 1.54) is 42.6 Å². The fraction of sp³-hybridized carbons (Fsp3) is 0.500. The predicted octanol–water partition coefficient (Wildman–Crippen LogP) is 2.76. The summed E-state index contributed by atoms with van der Waals surface area (Å²) in [6, 6.07) is 4.28. The molecular weight excluding hydrogens is 210 g/mol. The molecule has 0 saturated heterocycles. The zero-order valence-electron chi connectivity index (χ0n) is 10.3. The van der Waals surface area contributed by atoms with Crippen LogP contribution in [0.5, 0.6) is 0 Å². The maximum absolute atomic E-state index is 5.79. The highest BCUT2D eigenvalue weighted by Gasteiger charge is 2.22. The molecule has 0 aromatic carbocycles. The Morgan fingerprint density at radius 3 is 2.82 bits per heavy atom. The number of hydrogen-bond acceptors (Lipinski definition) is 2. The van der Waals surface area contributed by atoms with Crippen molar-refractivity contribution in [2.24, 2.45) is 5.73 Å². The number of fused-ring (bicyclic) bond motifs is 1. The minimum Gasteiger partial charge on any atom is -0.325 e. The SMILES string of the molecule is Cc1ccc2c(CN)nc(C3CCCC3)n2c1. The number of aryl methyl sites for hydroxylation is 1. The zero-order valence-corrected chi connectivity index (χ0v) is 10.3. The first-order chi connectivity index (χ1) is 8.29. The van der Waals surface area contributed by atoms with E-state index in [4.69, 9.17) is 10.7 Å². The minimum atomic E-state index is 0.527. The van der Waals surface area contributed by atoms with Crippen molar-refractivity contribution in [3.63, 3.8) is 0 Å². The van der Waals surface area contributed by atoms with Gasteiger partial charge in [-0.15, -0.1) is 0 Å². The van der Waals surface area contributed by atoms with Gasteiger partial charge in [-0.3, -0.25) is 0 Å². The first-order valence-corrected chi connectivity index (χ1v) is 6.47. The van der Waals surface area contributed by atoms with Crippen LogP contribution in [0.25, 0.3) is 5.52 Å². The van der Waals surface area contributed by atoms with Crippen molar-refractivity contribution in [1.29, 1.82) is 0 Å². The Hall–Kier alpha value is -1.35. The third-order valence-electron chi connectivity index (χ3n) is 3.80. The Labute approximate surface area is 102 Å². The lowest BCUT2D eigenvalue weighted by Gasteiger charge is -2.08.